The number of para-hydroxylation sites is 1. The van der Waals surface area contributed by atoms with E-state index in [1.54, 1.807) is 32.0 Å². The van der Waals surface area contributed by atoms with E-state index in [-0.39, 0.29) is 11.7 Å². The zero-order valence-corrected chi connectivity index (χ0v) is 11.9. The topological polar surface area (TPSA) is 64.6 Å². The van der Waals surface area contributed by atoms with Crippen molar-refractivity contribution in [3.63, 3.8) is 0 Å². The molecule has 0 fully saturated rings. The van der Waals surface area contributed by atoms with Crippen molar-refractivity contribution in [2.75, 3.05) is 12.4 Å². The summed E-state index contributed by atoms with van der Waals surface area (Å²) < 4.78 is 10.2. The Morgan fingerprint density at radius 1 is 1.33 bits per heavy atom. The van der Waals surface area contributed by atoms with Gasteiger partial charge in [-0.1, -0.05) is 6.07 Å². The Hall–Kier alpha value is -1.56. The van der Waals surface area contributed by atoms with Gasteiger partial charge in [-0.2, -0.15) is 0 Å². The van der Waals surface area contributed by atoms with Gasteiger partial charge in [-0.05, 0) is 41.9 Å². The van der Waals surface area contributed by atoms with E-state index in [1.807, 2.05) is 0 Å². The minimum atomic E-state index is -0.623. The molecule has 0 heterocycles. The first-order valence-corrected chi connectivity index (χ1v) is 6.09. The summed E-state index contributed by atoms with van der Waals surface area (Å²) in [6, 6.07) is 4.94. The molecule has 5 nitrogen and oxygen atoms in total. The molecule has 0 atom stereocenters. The molecule has 0 aliphatic heterocycles. The molecule has 0 aliphatic rings. The number of amides is 1. The normalized spacial score (nSPS) is 10.1. The zero-order chi connectivity index (χ0) is 13.7. The number of methoxy groups -OCH3 is 1. The van der Waals surface area contributed by atoms with Crippen LogP contribution < -0.4 is 5.32 Å². The third-order valence-corrected chi connectivity index (χ3v) is 2.65. The van der Waals surface area contributed by atoms with Crippen molar-refractivity contribution in [3.05, 3.63) is 28.2 Å². The lowest BCUT2D eigenvalue weighted by Gasteiger charge is -2.13. The molecule has 1 N–H and O–H groups in total. The van der Waals surface area contributed by atoms with Crippen LogP contribution in [-0.4, -0.2) is 25.3 Å². The monoisotopic (exact) mass is 315 g/mol. The van der Waals surface area contributed by atoms with E-state index in [2.05, 4.69) is 26.0 Å². The van der Waals surface area contributed by atoms with Crippen LogP contribution in [0.3, 0.4) is 0 Å². The van der Waals surface area contributed by atoms with Crippen LogP contribution in [0.15, 0.2) is 22.7 Å². The summed E-state index contributed by atoms with van der Waals surface area (Å²) in [6.07, 6.45) is -0.865. The van der Waals surface area contributed by atoms with E-state index in [0.717, 1.165) is 0 Å². The highest BCUT2D eigenvalue weighted by Crippen LogP contribution is 2.27. The van der Waals surface area contributed by atoms with E-state index >= 15 is 0 Å². The molecule has 0 spiro atoms. The van der Waals surface area contributed by atoms with Crippen molar-refractivity contribution in [3.8, 4) is 0 Å². The van der Waals surface area contributed by atoms with Gasteiger partial charge in [0.25, 0.3) is 0 Å². The van der Waals surface area contributed by atoms with Crippen LogP contribution in [-0.2, 0) is 9.47 Å². The number of hydrogen-bond acceptors (Lipinski definition) is 4. The summed E-state index contributed by atoms with van der Waals surface area (Å²) in [4.78, 5) is 23.1. The standard InChI is InChI=1S/C12H14BrNO4/c1-7(2)18-12(16)14-10-8(11(15)17-3)5-4-6-9(10)13/h4-7H,1-3H3,(H,14,16). The third kappa shape index (κ3) is 3.73. The maximum Gasteiger partial charge on any atom is 0.411 e. The molecule has 0 unspecified atom stereocenters. The van der Waals surface area contributed by atoms with E-state index in [4.69, 9.17) is 4.74 Å². The average Bonchev–Trinajstić information content (AvgIpc) is 2.29. The second-order valence-electron chi connectivity index (χ2n) is 3.73. The van der Waals surface area contributed by atoms with Gasteiger partial charge < -0.3 is 9.47 Å². The molecule has 1 rings (SSSR count). The Kier molecular flexibility index (Phi) is 5.15. The fourth-order valence-electron chi connectivity index (χ4n) is 1.28. The van der Waals surface area contributed by atoms with E-state index < -0.39 is 12.1 Å². The lowest BCUT2D eigenvalue weighted by atomic mass is 10.2. The third-order valence-electron chi connectivity index (χ3n) is 1.99. The number of ether oxygens (including phenoxy) is 2. The molecular formula is C12H14BrNO4. The molecule has 0 bridgehead atoms. The number of halogens is 1. The molecular weight excluding hydrogens is 302 g/mol. The van der Waals surface area contributed by atoms with Gasteiger partial charge in [0.05, 0.1) is 24.5 Å². The Balaban J connectivity index is 3.00. The van der Waals surface area contributed by atoms with Crippen LogP contribution in [0.25, 0.3) is 0 Å². The van der Waals surface area contributed by atoms with Gasteiger partial charge >= 0.3 is 12.1 Å². The van der Waals surface area contributed by atoms with Crippen molar-refractivity contribution >= 4 is 33.7 Å². The van der Waals surface area contributed by atoms with Gasteiger partial charge in [-0.15, -0.1) is 0 Å². The molecule has 98 valence electrons. The summed E-state index contributed by atoms with van der Waals surface area (Å²) >= 11 is 3.26. The Labute approximate surface area is 114 Å². The van der Waals surface area contributed by atoms with Crippen molar-refractivity contribution < 1.29 is 19.1 Å². The molecule has 0 aromatic heterocycles. The minimum Gasteiger partial charge on any atom is -0.465 e. The number of rotatable bonds is 3. The highest BCUT2D eigenvalue weighted by atomic mass is 79.9. The van der Waals surface area contributed by atoms with Gasteiger partial charge in [0.1, 0.15) is 0 Å². The Morgan fingerprint density at radius 3 is 2.56 bits per heavy atom. The number of benzene rings is 1. The number of esters is 1. The lowest BCUT2D eigenvalue weighted by Crippen LogP contribution is -2.20. The second kappa shape index (κ2) is 6.39. The summed E-state index contributed by atoms with van der Waals surface area (Å²) in [7, 11) is 1.28. The Bertz CT molecular complexity index is 459. The molecule has 0 saturated carbocycles. The van der Waals surface area contributed by atoms with E-state index in [0.29, 0.717) is 10.2 Å². The lowest BCUT2D eigenvalue weighted by molar-refractivity contribution is 0.0602. The van der Waals surface area contributed by atoms with Crippen molar-refractivity contribution in [1.29, 1.82) is 0 Å². The van der Waals surface area contributed by atoms with Gasteiger partial charge in [-0.25, -0.2) is 9.59 Å². The second-order valence-corrected chi connectivity index (χ2v) is 4.59. The summed E-state index contributed by atoms with van der Waals surface area (Å²) in [5.74, 6) is -0.531. The van der Waals surface area contributed by atoms with Gasteiger partial charge in [0.15, 0.2) is 0 Å². The molecule has 0 aliphatic carbocycles. The molecule has 1 aromatic rings. The van der Waals surface area contributed by atoms with Gasteiger partial charge in [0.2, 0.25) is 0 Å². The van der Waals surface area contributed by atoms with Crippen LogP contribution >= 0.6 is 15.9 Å². The molecule has 1 aromatic carbocycles. The summed E-state index contributed by atoms with van der Waals surface area (Å²) in [5, 5.41) is 2.52. The van der Waals surface area contributed by atoms with Crippen LogP contribution in [0, 0.1) is 0 Å². The molecule has 18 heavy (non-hydrogen) atoms. The first-order valence-electron chi connectivity index (χ1n) is 5.30. The molecule has 6 heteroatoms. The maximum absolute atomic E-state index is 11.6. The number of carbonyl (C=O) groups is 2. The van der Waals surface area contributed by atoms with Crippen LogP contribution in [0.1, 0.15) is 24.2 Å². The molecule has 0 saturated heterocycles. The smallest absolute Gasteiger partial charge is 0.411 e. The van der Waals surface area contributed by atoms with Crippen molar-refractivity contribution in [2.24, 2.45) is 0 Å². The predicted octanol–water partition coefficient (Wildman–Crippen LogP) is 3.19. The first-order chi connectivity index (χ1) is 8.45. The largest absolute Gasteiger partial charge is 0.465 e. The van der Waals surface area contributed by atoms with Gasteiger partial charge in [0, 0.05) is 4.47 Å². The van der Waals surface area contributed by atoms with E-state index in [9.17, 15) is 9.59 Å². The SMILES string of the molecule is COC(=O)c1cccc(Br)c1NC(=O)OC(C)C. The number of carbonyl (C=O) groups excluding carboxylic acids is 2. The first kappa shape index (κ1) is 14.5. The van der Waals surface area contributed by atoms with Crippen molar-refractivity contribution in [1.82, 2.24) is 0 Å². The van der Waals surface area contributed by atoms with E-state index in [1.165, 1.54) is 7.11 Å². The predicted molar refractivity (Wildman–Crippen MR) is 70.7 cm³/mol. The number of nitrogens with one attached hydrogen (secondary N) is 1. The van der Waals surface area contributed by atoms with Crippen LogP contribution in [0.5, 0.6) is 0 Å². The average molecular weight is 316 g/mol. The molecule has 1 amide bonds. The summed E-state index contributed by atoms with van der Waals surface area (Å²) in [6.45, 7) is 3.47. The van der Waals surface area contributed by atoms with Gasteiger partial charge in [-0.3, -0.25) is 5.32 Å². The fourth-order valence-corrected chi connectivity index (χ4v) is 1.74. The minimum absolute atomic E-state index is 0.242. The fraction of sp³-hybridized carbons (Fsp3) is 0.333. The molecule has 0 radical (unpaired) electrons. The zero-order valence-electron chi connectivity index (χ0n) is 10.3. The highest BCUT2D eigenvalue weighted by molar-refractivity contribution is 9.10. The van der Waals surface area contributed by atoms with Crippen LogP contribution in [0.2, 0.25) is 0 Å². The quantitative estimate of drug-likeness (QED) is 0.870. The Morgan fingerprint density at radius 2 is 2.00 bits per heavy atom. The maximum atomic E-state index is 11.6. The van der Waals surface area contributed by atoms with Crippen molar-refractivity contribution in [2.45, 2.75) is 20.0 Å². The summed E-state index contributed by atoms with van der Waals surface area (Å²) in [5.41, 5.74) is 0.586. The highest BCUT2D eigenvalue weighted by Gasteiger charge is 2.17. The number of hydrogen-bond donors (Lipinski definition) is 1. The number of anilines is 1. The van der Waals surface area contributed by atoms with Crippen LogP contribution in [0.4, 0.5) is 10.5 Å².